The van der Waals surface area contributed by atoms with Crippen molar-refractivity contribution in [1.29, 1.82) is 0 Å². The van der Waals surface area contributed by atoms with Crippen molar-refractivity contribution in [3.05, 3.63) is 70.0 Å². The van der Waals surface area contributed by atoms with E-state index in [1.165, 1.54) is 12.1 Å². The molecule has 2 aromatic carbocycles. The number of aliphatic hydroxyl groups excluding tert-OH is 1. The molecule has 1 saturated carbocycles. The molecule has 0 spiro atoms. The zero-order valence-electron chi connectivity index (χ0n) is 25.5. The van der Waals surface area contributed by atoms with Gasteiger partial charge >= 0.3 is 12.1 Å². The number of aliphatic hydroxyl groups is 1. The number of carbonyl (C=O) groups excluding carboxylic acids is 1. The Balaban J connectivity index is 1.22. The average molecular weight is 635 g/mol. The molecule has 2 saturated heterocycles. The van der Waals surface area contributed by atoms with Gasteiger partial charge in [0.15, 0.2) is 0 Å². The average Bonchev–Trinajstić information content (AvgIpc) is 3.84. The topological polar surface area (TPSA) is 99.1 Å². The van der Waals surface area contributed by atoms with Crippen LogP contribution >= 0.6 is 0 Å². The Labute approximate surface area is 260 Å². The first-order valence-corrected chi connectivity index (χ1v) is 15.9. The molecular weight excluding hydrogens is 592 g/mol. The number of aryl methyl sites for hydroxylation is 1. The van der Waals surface area contributed by atoms with E-state index < -0.39 is 29.1 Å². The van der Waals surface area contributed by atoms with Crippen LogP contribution in [-0.2, 0) is 22.3 Å². The monoisotopic (exact) mass is 634 g/mol. The highest BCUT2D eigenvalue weighted by Crippen LogP contribution is 2.47. The number of aromatic carboxylic acids is 1. The van der Waals surface area contributed by atoms with E-state index in [2.05, 4.69) is 10.2 Å². The van der Waals surface area contributed by atoms with Crippen LogP contribution in [-0.4, -0.2) is 64.9 Å². The van der Waals surface area contributed by atoms with Gasteiger partial charge in [0, 0.05) is 25.7 Å². The first-order chi connectivity index (χ1) is 21.4. The second-order valence-electron chi connectivity index (χ2n) is 13.1. The van der Waals surface area contributed by atoms with Crippen LogP contribution in [0.3, 0.4) is 0 Å². The van der Waals surface area contributed by atoms with Gasteiger partial charge in [-0.05, 0) is 118 Å². The molecule has 4 atom stereocenters. The Bertz CT molecular complexity index is 1370. The summed E-state index contributed by atoms with van der Waals surface area (Å²) in [4.78, 5) is 27.4. The van der Waals surface area contributed by atoms with Crippen molar-refractivity contribution in [2.75, 3.05) is 26.3 Å². The normalized spacial score (nSPS) is 26.8. The van der Waals surface area contributed by atoms with Gasteiger partial charge in [-0.1, -0.05) is 17.7 Å². The molecule has 3 aliphatic rings. The lowest BCUT2D eigenvalue weighted by Gasteiger charge is -2.43. The van der Waals surface area contributed by atoms with Gasteiger partial charge in [-0.25, -0.2) is 9.18 Å². The first-order valence-electron chi connectivity index (χ1n) is 15.9. The third-order valence-electron chi connectivity index (χ3n) is 9.80. The van der Waals surface area contributed by atoms with Crippen LogP contribution in [0.25, 0.3) is 0 Å². The van der Waals surface area contributed by atoms with E-state index >= 15 is 0 Å². The summed E-state index contributed by atoms with van der Waals surface area (Å²) < 4.78 is 60.4. The Morgan fingerprint density at radius 2 is 1.84 bits per heavy atom. The number of ether oxygens (including phenoxy) is 1. The van der Waals surface area contributed by atoms with E-state index in [4.69, 9.17) is 4.74 Å². The minimum absolute atomic E-state index is 0.000625. The summed E-state index contributed by atoms with van der Waals surface area (Å²) in [7, 11) is 0. The molecule has 0 aromatic heterocycles. The van der Waals surface area contributed by atoms with Crippen LogP contribution in [0.2, 0.25) is 0 Å². The number of alkyl halides is 3. The summed E-state index contributed by atoms with van der Waals surface area (Å²) in [5, 5.41) is 22.4. The number of carbonyl (C=O) groups is 2. The van der Waals surface area contributed by atoms with E-state index in [0.717, 1.165) is 62.8 Å². The van der Waals surface area contributed by atoms with Crippen molar-refractivity contribution in [2.24, 2.45) is 11.8 Å². The summed E-state index contributed by atoms with van der Waals surface area (Å²) in [6.07, 6.45) is 1.58. The van der Waals surface area contributed by atoms with Gasteiger partial charge in [-0.3, -0.25) is 9.69 Å². The SMILES string of the molecule is Cc1cc(CNC(=O)[C@@]2(C3CC3)CC[C@@H](N3CCCC(c4ccc(F)c(C(=O)O)c4)CC[C@H](CO)C3)CO2)cc(C(F)(F)F)c1. The fourth-order valence-corrected chi connectivity index (χ4v) is 7.18. The number of nitrogens with one attached hydrogen (secondary N) is 1. The van der Waals surface area contributed by atoms with Crippen molar-refractivity contribution >= 4 is 11.9 Å². The molecule has 246 valence electrons. The Hall–Kier alpha value is -3.02. The number of halogens is 4. The van der Waals surface area contributed by atoms with Crippen LogP contribution in [0, 0.1) is 24.6 Å². The molecule has 1 aliphatic carbocycles. The van der Waals surface area contributed by atoms with Gasteiger partial charge in [0.1, 0.15) is 11.4 Å². The summed E-state index contributed by atoms with van der Waals surface area (Å²) in [6.45, 7) is 3.34. The second kappa shape index (κ2) is 13.8. The van der Waals surface area contributed by atoms with E-state index in [0.29, 0.717) is 37.1 Å². The van der Waals surface area contributed by atoms with Crippen LogP contribution in [0.4, 0.5) is 17.6 Å². The molecule has 7 nitrogen and oxygen atoms in total. The van der Waals surface area contributed by atoms with Crippen molar-refractivity contribution in [3.8, 4) is 0 Å². The maximum atomic E-state index is 14.0. The molecule has 3 N–H and O–H groups in total. The molecule has 2 heterocycles. The highest BCUT2D eigenvalue weighted by atomic mass is 19.4. The maximum Gasteiger partial charge on any atom is 0.416 e. The summed E-state index contributed by atoms with van der Waals surface area (Å²) in [5.41, 5.74) is -0.416. The van der Waals surface area contributed by atoms with E-state index in [1.54, 1.807) is 19.1 Å². The lowest BCUT2D eigenvalue weighted by molar-refractivity contribution is -0.165. The Morgan fingerprint density at radius 1 is 1.07 bits per heavy atom. The molecule has 45 heavy (non-hydrogen) atoms. The molecule has 5 rings (SSSR count). The van der Waals surface area contributed by atoms with E-state index in [1.807, 2.05) is 0 Å². The number of carboxylic acid groups (broad SMARTS) is 1. The lowest BCUT2D eigenvalue weighted by atomic mass is 9.85. The van der Waals surface area contributed by atoms with Gasteiger partial charge in [-0.15, -0.1) is 0 Å². The number of carboxylic acids is 1. The summed E-state index contributed by atoms with van der Waals surface area (Å²) in [5.74, 6) is -2.20. The third-order valence-corrected chi connectivity index (χ3v) is 9.80. The number of hydrogen-bond donors (Lipinski definition) is 3. The quantitative estimate of drug-likeness (QED) is 0.306. The van der Waals surface area contributed by atoms with Crippen molar-refractivity contribution in [1.82, 2.24) is 10.2 Å². The number of hydrogen-bond acceptors (Lipinski definition) is 5. The standard InChI is InChI=1S/C34H42F4N2O5/c1-21-13-23(15-27(14-21)34(36,37)38)17-39-32(44)33(26-7-8-26)11-10-28(20-45-33)40-12-2-3-24(5-4-22(18-40)19-41)25-6-9-30(35)29(16-25)31(42)43/h6,9,13-16,22,24,26,28,41H,2-5,7-8,10-12,17-20H2,1H3,(H,39,44)(H,42,43)/t22-,24?,28+,33-/m0/s1. The molecule has 0 bridgehead atoms. The molecular formula is C34H42F4N2O5. The summed E-state index contributed by atoms with van der Waals surface area (Å²) >= 11 is 0. The van der Waals surface area contributed by atoms with Gasteiger partial charge < -0.3 is 20.3 Å². The lowest BCUT2D eigenvalue weighted by Crippen LogP contribution is -2.57. The number of benzene rings is 2. The molecule has 2 aliphatic heterocycles. The largest absolute Gasteiger partial charge is 0.478 e. The number of amides is 1. The molecule has 2 aromatic rings. The third kappa shape index (κ3) is 7.86. The zero-order chi connectivity index (χ0) is 32.4. The minimum atomic E-state index is -4.46. The first kappa shape index (κ1) is 33.3. The predicted molar refractivity (Wildman–Crippen MR) is 159 cm³/mol. The zero-order valence-corrected chi connectivity index (χ0v) is 25.5. The Morgan fingerprint density at radius 3 is 2.49 bits per heavy atom. The van der Waals surface area contributed by atoms with Gasteiger partial charge in [0.2, 0.25) is 0 Å². The number of nitrogens with zero attached hydrogens (tertiary/aromatic N) is 1. The van der Waals surface area contributed by atoms with Crippen LogP contribution in [0.1, 0.15) is 89.9 Å². The van der Waals surface area contributed by atoms with Crippen LogP contribution in [0.15, 0.2) is 36.4 Å². The van der Waals surface area contributed by atoms with Crippen molar-refractivity contribution < 1.29 is 42.1 Å². The molecule has 1 unspecified atom stereocenters. The minimum Gasteiger partial charge on any atom is -0.478 e. The smallest absolute Gasteiger partial charge is 0.416 e. The predicted octanol–water partition coefficient (Wildman–Crippen LogP) is 6.06. The molecule has 0 radical (unpaired) electrons. The Kier molecular flexibility index (Phi) is 10.2. The van der Waals surface area contributed by atoms with E-state index in [-0.39, 0.29) is 48.4 Å². The highest BCUT2D eigenvalue weighted by molar-refractivity contribution is 5.88. The maximum absolute atomic E-state index is 14.0. The van der Waals surface area contributed by atoms with Gasteiger partial charge in [-0.2, -0.15) is 13.2 Å². The van der Waals surface area contributed by atoms with Crippen LogP contribution < -0.4 is 5.32 Å². The van der Waals surface area contributed by atoms with Crippen molar-refractivity contribution in [2.45, 2.75) is 88.6 Å². The molecule has 3 fully saturated rings. The van der Waals surface area contributed by atoms with Gasteiger partial charge in [0.25, 0.3) is 5.91 Å². The van der Waals surface area contributed by atoms with Gasteiger partial charge in [0.05, 0.1) is 17.7 Å². The summed E-state index contributed by atoms with van der Waals surface area (Å²) in [6, 6.07) is 8.15. The second-order valence-corrected chi connectivity index (χ2v) is 13.1. The number of rotatable bonds is 8. The fraction of sp³-hybridized carbons (Fsp3) is 0.588. The van der Waals surface area contributed by atoms with Crippen molar-refractivity contribution in [3.63, 3.8) is 0 Å². The highest BCUT2D eigenvalue weighted by Gasteiger charge is 2.54. The molecule has 11 heteroatoms. The molecule has 1 amide bonds. The van der Waals surface area contributed by atoms with E-state index in [9.17, 15) is 37.4 Å². The van der Waals surface area contributed by atoms with Crippen LogP contribution in [0.5, 0.6) is 0 Å². The fourth-order valence-electron chi connectivity index (χ4n) is 7.18.